The Balaban J connectivity index is 1.88. The van der Waals surface area contributed by atoms with Crippen LogP contribution >= 0.6 is 0 Å². The molecule has 1 fully saturated rings. The molecule has 0 radical (unpaired) electrons. The fourth-order valence-corrected chi connectivity index (χ4v) is 3.28. The van der Waals surface area contributed by atoms with Crippen molar-refractivity contribution in [2.45, 2.75) is 38.2 Å². The van der Waals surface area contributed by atoms with Gasteiger partial charge in [-0.15, -0.1) is 0 Å². The standard InChI is InChI=1S/C17H22N2O4/c1-16(2,3)23-15(21)19-9-8-17(10-19)11-6-5-7-12(22-4)13(11)18-14(17)20/h5-7H,8-10H2,1-4H3,(H,18,20)/t17-/m1/s1. The second-order valence-corrected chi connectivity index (χ2v) is 7.07. The Labute approximate surface area is 135 Å². The number of anilines is 1. The normalized spacial score (nSPS) is 23.0. The van der Waals surface area contributed by atoms with Crippen molar-refractivity contribution < 1.29 is 19.1 Å². The number of nitrogens with one attached hydrogen (secondary N) is 1. The predicted octanol–water partition coefficient (Wildman–Crippen LogP) is 2.53. The molecule has 2 aliphatic rings. The first-order chi connectivity index (χ1) is 10.8. The lowest BCUT2D eigenvalue weighted by Gasteiger charge is -2.26. The Bertz CT molecular complexity index is 665. The topological polar surface area (TPSA) is 67.9 Å². The van der Waals surface area contributed by atoms with Gasteiger partial charge in [0.05, 0.1) is 18.2 Å². The molecule has 0 unspecified atom stereocenters. The zero-order valence-electron chi connectivity index (χ0n) is 13.9. The van der Waals surface area contributed by atoms with E-state index in [4.69, 9.17) is 9.47 Å². The van der Waals surface area contributed by atoms with Crippen LogP contribution in [0.3, 0.4) is 0 Å². The number of benzene rings is 1. The van der Waals surface area contributed by atoms with Gasteiger partial charge in [0.1, 0.15) is 11.4 Å². The largest absolute Gasteiger partial charge is 0.495 e. The van der Waals surface area contributed by atoms with E-state index in [1.54, 1.807) is 12.0 Å². The summed E-state index contributed by atoms with van der Waals surface area (Å²) in [5.74, 6) is 0.562. The molecule has 6 heteroatoms. The third-order valence-corrected chi connectivity index (χ3v) is 4.36. The van der Waals surface area contributed by atoms with E-state index in [2.05, 4.69) is 5.32 Å². The van der Waals surface area contributed by atoms with E-state index in [9.17, 15) is 9.59 Å². The second kappa shape index (κ2) is 5.15. The number of hydrogen-bond acceptors (Lipinski definition) is 4. The van der Waals surface area contributed by atoms with Crippen LogP contribution in [0.25, 0.3) is 0 Å². The molecule has 1 aromatic carbocycles. The Morgan fingerprint density at radius 2 is 2.09 bits per heavy atom. The predicted molar refractivity (Wildman–Crippen MR) is 85.7 cm³/mol. The fourth-order valence-electron chi connectivity index (χ4n) is 3.28. The zero-order valence-corrected chi connectivity index (χ0v) is 13.9. The van der Waals surface area contributed by atoms with Crippen LogP contribution in [0.1, 0.15) is 32.8 Å². The summed E-state index contributed by atoms with van der Waals surface area (Å²) in [5, 5.41) is 2.91. The Hall–Kier alpha value is -2.24. The van der Waals surface area contributed by atoms with Crippen LogP contribution in [0.15, 0.2) is 18.2 Å². The fraction of sp³-hybridized carbons (Fsp3) is 0.529. The van der Waals surface area contributed by atoms with E-state index < -0.39 is 11.0 Å². The average Bonchev–Trinajstić information content (AvgIpc) is 3.02. The number of hydrogen-bond donors (Lipinski definition) is 1. The van der Waals surface area contributed by atoms with Gasteiger partial charge in [-0.1, -0.05) is 12.1 Å². The van der Waals surface area contributed by atoms with Crippen molar-refractivity contribution in [3.05, 3.63) is 23.8 Å². The number of nitrogens with zero attached hydrogens (tertiary/aromatic N) is 1. The lowest BCUT2D eigenvalue weighted by Crippen LogP contribution is -2.41. The number of ether oxygens (including phenoxy) is 2. The number of carbonyl (C=O) groups is 2. The van der Waals surface area contributed by atoms with Gasteiger partial charge in [0.15, 0.2) is 0 Å². The first kappa shape index (κ1) is 15.6. The van der Waals surface area contributed by atoms with E-state index >= 15 is 0 Å². The highest BCUT2D eigenvalue weighted by atomic mass is 16.6. The van der Waals surface area contributed by atoms with Crippen LogP contribution in [-0.4, -0.2) is 42.7 Å². The molecule has 23 heavy (non-hydrogen) atoms. The number of rotatable bonds is 1. The maximum absolute atomic E-state index is 12.6. The molecule has 1 N–H and O–H groups in total. The summed E-state index contributed by atoms with van der Waals surface area (Å²) < 4.78 is 10.8. The maximum Gasteiger partial charge on any atom is 0.410 e. The highest BCUT2D eigenvalue weighted by Gasteiger charge is 2.53. The number of para-hydroxylation sites is 1. The van der Waals surface area contributed by atoms with Gasteiger partial charge in [0.2, 0.25) is 5.91 Å². The van der Waals surface area contributed by atoms with Crippen molar-refractivity contribution in [2.75, 3.05) is 25.5 Å². The van der Waals surface area contributed by atoms with Crippen LogP contribution < -0.4 is 10.1 Å². The molecule has 1 saturated heterocycles. The Morgan fingerprint density at radius 3 is 2.74 bits per heavy atom. The monoisotopic (exact) mass is 318 g/mol. The van der Waals surface area contributed by atoms with E-state index in [1.165, 1.54) is 0 Å². The third kappa shape index (κ3) is 2.52. The minimum atomic E-state index is -0.708. The quantitative estimate of drug-likeness (QED) is 0.864. The van der Waals surface area contributed by atoms with Gasteiger partial charge in [0, 0.05) is 13.1 Å². The molecule has 6 nitrogen and oxygen atoms in total. The summed E-state index contributed by atoms with van der Waals surface area (Å²) >= 11 is 0. The van der Waals surface area contributed by atoms with Gasteiger partial charge in [-0.3, -0.25) is 4.79 Å². The molecule has 1 spiro atoms. The van der Waals surface area contributed by atoms with Gasteiger partial charge >= 0.3 is 6.09 Å². The molecule has 0 bridgehead atoms. The summed E-state index contributed by atoms with van der Waals surface area (Å²) in [7, 11) is 1.58. The van der Waals surface area contributed by atoms with E-state index in [0.29, 0.717) is 30.9 Å². The van der Waals surface area contributed by atoms with Crippen molar-refractivity contribution in [1.29, 1.82) is 0 Å². The first-order valence-corrected chi connectivity index (χ1v) is 7.74. The van der Waals surface area contributed by atoms with Crippen molar-refractivity contribution in [2.24, 2.45) is 0 Å². The van der Waals surface area contributed by atoms with Gasteiger partial charge in [-0.25, -0.2) is 4.79 Å². The molecule has 2 amide bonds. The van der Waals surface area contributed by atoms with Gasteiger partial charge in [-0.05, 0) is 38.8 Å². The SMILES string of the molecule is COc1cccc2c1NC(=O)[C@@]21CCN(C(=O)OC(C)(C)C)C1. The van der Waals surface area contributed by atoms with Crippen LogP contribution in [0.4, 0.5) is 10.5 Å². The lowest BCUT2D eigenvalue weighted by molar-refractivity contribution is -0.120. The van der Waals surface area contributed by atoms with Crippen LogP contribution in [0.5, 0.6) is 5.75 Å². The number of fused-ring (bicyclic) bond motifs is 2. The molecule has 124 valence electrons. The molecule has 3 rings (SSSR count). The van der Waals surface area contributed by atoms with Crippen molar-refractivity contribution in [3.8, 4) is 5.75 Å². The summed E-state index contributed by atoms with van der Waals surface area (Å²) in [6.07, 6.45) is 0.205. The maximum atomic E-state index is 12.6. The van der Waals surface area contributed by atoms with Crippen molar-refractivity contribution in [1.82, 2.24) is 4.90 Å². The molecule has 0 aromatic heterocycles. The highest BCUT2D eigenvalue weighted by Crippen LogP contribution is 2.47. The van der Waals surface area contributed by atoms with E-state index in [-0.39, 0.29) is 12.0 Å². The Kier molecular flexibility index (Phi) is 3.50. The van der Waals surface area contributed by atoms with Crippen molar-refractivity contribution >= 4 is 17.7 Å². The summed E-state index contributed by atoms with van der Waals surface area (Å²) in [4.78, 5) is 26.5. The molecule has 0 saturated carbocycles. The molecule has 2 aliphatic heterocycles. The summed E-state index contributed by atoms with van der Waals surface area (Å²) in [6, 6.07) is 5.61. The van der Waals surface area contributed by atoms with Crippen molar-refractivity contribution in [3.63, 3.8) is 0 Å². The van der Waals surface area contributed by atoms with Crippen LogP contribution in [-0.2, 0) is 14.9 Å². The van der Waals surface area contributed by atoms with E-state index in [1.807, 2.05) is 39.0 Å². The Morgan fingerprint density at radius 1 is 1.35 bits per heavy atom. The van der Waals surface area contributed by atoms with Crippen LogP contribution in [0, 0.1) is 0 Å². The van der Waals surface area contributed by atoms with Gasteiger partial charge in [0.25, 0.3) is 0 Å². The summed E-state index contributed by atoms with van der Waals surface area (Å²) in [5.41, 5.74) is 0.353. The molecule has 2 heterocycles. The number of carbonyl (C=O) groups excluding carboxylic acids is 2. The average molecular weight is 318 g/mol. The minimum Gasteiger partial charge on any atom is -0.495 e. The molecular weight excluding hydrogens is 296 g/mol. The number of methoxy groups -OCH3 is 1. The van der Waals surface area contributed by atoms with Gasteiger partial charge in [-0.2, -0.15) is 0 Å². The third-order valence-electron chi connectivity index (χ3n) is 4.36. The smallest absolute Gasteiger partial charge is 0.410 e. The molecule has 1 aromatic rings. The first-order valence-electron chi connectivity index (χ1n) is 7.74. The second-order valence-electron chi connectivity index (χ2n) is 7.07. The highest BCUT2D eigenvalue weighted by molar-refractivity contribution is 6.08. The molecular formula is C17H22N2O4. The van der Waals surface area contributed by atoms with Crippen LogP contribution in [0.2, 0.25) is 0 Å². The number of amides is 2. The number of likely N-dealkylation sites (tertiary alicyclic amines) is 1. The summed E-state index contributed by atoms with van der Waals surface area (Å²) in [6.45, 7) is 6.32. The minimum absolute atomic E-state index is 0.0805. The van der Waals surface area contributed by atoms with E-state index in [0.717, 1.165) is 5.56 Å². The zero-order chi connectivity index (χ0) is 16.8. The van der Waals surface area contributed by atoms with Gasteiger partial charge < -0.3 is 19.7 Å². The lowest BCUT2D eigenvalue weighted by atomic mass is 9.81. The molecule has 1 atom stereocenters. The molecule has 0 aliphatic carbocycles.